The minimum atomic E-state index is -0.125. The summed E-state index contributed by atoms with van der Waals surface area (Å²) in [5.74, 6) is 0.549. The Morgan fingerprint density at radius 2 is 2.19 bits per heavy atom. The second kappa shape index (κ2) is 5.88. The third kappa shape index (κ3) is 2.85. The number of carbonyl (C=O) groups excluding carboxylic acids is 1. The first-order chi connectivity index (χ1) is 10.3. The molecule has 0 saturated carbocycles. The van der Waals surface area contributed by atoms with Crippen molar-refractivity contribution in [2.45, 2.75) is 6.54 Å². The quantitative estimate of drug-likeness (QED) is 0.777. The van der Waals surface area contributed by atoms with Gasteiger partial charge in [0.2, 0.25) is 0 Å². The summed E-state index contributed by atoms with van der Waals surface area (Å²) in [6.07, 6.45) is 1.73. The minimum absolute atomic E-state index is 0.125. The van der Waals surface area contributed by atoms with Crippen molar-refractivity contribution in [3.8, 4) is 0 Å². The Morgan fingerprint density at radius 1 is 1.33 bits per heavy atom. The Kier molecular flexibility index (Phi) is 3.79. The summed E-state index contributed by atoms with van der Waals surface area (Å²) in [5.41, 5.74) is 1.41. The average molecular weight is 298 g/mol. The lowest BCUT2D eigenvalue weighted by molar-refractivity contribution is 0.0952. The maximum atomic E-state index is 12.4. The summed E-state index contributed by atoms with van der Waals surface area (Å²) in [4.78, 5) is 21.0. The van der Waals surface area contributed by atoms with Crippen LogP contribution in [0.5, 0.6) is 0 Å². The predicted molar refractivity (Wildman–Crippen MR) is 84.6 cm³/mol. The molecule has 2 aromatic heterocycles. The number of anilines is 1. The molecule has 1 aromatic carbocycles. The van der Waals surface area contributed by atoms with E-state index in [0.717, 1.165) is 15.9 Å². The first kappa shape index (κ1) is 13.5. The van der Waals surface area contributed by atoms with Gasteiger partial charge in [-0.1, -0.05) is 18.2 Å². The fourth-order valence-electron chi connectivity index (χ4n) is 2.08. The lowest BCUT2D eigenvalue weighted by atomic mass is 10.1. The number of carbonyl (C=O) groups is 1. The van der Waals surface area contributed by atoms with E-state index < -0.39 is 0 Å². The maximum absolute atomic E-state index is 12.4. The largest absolute Gasteiger partial charge is 0.373 e. The number of nitrogens with one attached hydrogen (secondary N) is 2. The highest BCUT2D eigenvalue weighted by Gasteiger charge is 2.12. The van der Waals surface area contributed by atoms with Crippen molar-refractivity contribution in [3.05, 3.63) is 52.5 Å². The molecule has 1 amide bonds. The molecule has 0 aliphatic carbocycles. The molecule has 0 aliphatic rings. The Balaban J connectivity index is 1.92. The van der Waals surface area contributed by atoms with Crippen LogP contribution in [0.3, 0.4) is 0 Å². The Morgan fingerprint density at radius 3 is 2.95 bits per heavy atom. The predicted octanol–water partition coefficient (Wildman–Crippen LogP) is 2.66. The minimum Gasteiger partial charge on any atom is -0.373 e. The standard InChI is InChI=1S/C15H14N4OS/c1-16-13-8-11(10-4-2-3-5-12(10)19-13)15(20)18-9-14-17-6-7-21-14/h2-8H,9H2,1H3,(H,16,19)(H,18,20). The first-order valence-corrected chi connectivity index (χ1v) is 7.40. The van der Waals surface area contributed by atoms with Gasteiger partial charge in [-0.3, -0.25) is 4.79 Å². The molecule has 6 heteroatoms. The van der Waals surface area contributed by atoms with Crippen molar-refractivity contribution in [1.29, 1.82) is 0 Å². The molecule has 0 aliphatic heterocycles. The fourth-order valence-corrected chi connectivity index (χ4v) is 2.64. The van der Waals surface area contributed by atoms with Crippen LogP contribution in [0.4, 0.5) is 5.82 Å². The van der Waals surface area contributed by atoms with E-state index in [0.29, 0.717) is 17.9 Å². The Bertz CT molecular complexity index is 770. The molecule has 0 bridgehead atoms. The van der Waals surface area contributed by atoms with E-state index in [-0.39, 0.29) is 5.91 Å². The zero-order chi connectivity index (χ0) is 14.7. The van der Waals surface area contributed by atoms with Crippen molar-refractivity contribution in [1.82, 2.24) is 15.3 Å². The van der Waals surface area contributed by atoms with Crippen molar-refractivity contribution in [3.63, 3.8) is 0 Å². The van der Waals surface area contributed by atoms with E-state index in [9.17, 15) is 4.79 Å². The number of para-hydroxylation sites is 1. The number of aromatic nitrogens is 2. The van der Waals surface area contributed by atoms with Gasteiger partial charge in [0.05, 0.1) is 17.6 Å². The van der Waals surface area contributed by atoms with Crippen LogP contribution in [0, 0.1) is 0 Å². The average Bonchev–Trinajstić information content (AvgIpc) is 3.05. The van der Waals surface area contributed by atoms with Crippen molar-refractivity contribution in [2.24, 2.45) is 0 Å². The van der Waals surface area contributed by atoms with Crippen LogP contribution >= 0.6 is 11.3 Å². The van der Waals surface area contributed by atoms with Gasteiger partial charge in [0, 0.05) is 24.0 Å². The van der Waals surface area contributed by atoms with Crippen molar-refractivity contribution >= 4 is 34.0 Å². The molecule has 0 atom stereocenters. The number of rotatable bonds is 4. The Hall–Kier alpha value is -2.47. The number of hydrogen-bond acceptors (Lipinski definition) is 5. The van der Waals surface area contributed by atoms with Gasteiger partial charge >= 0.3 is 0 Å². The topological polar surface area (TPSA) is 66.9 Å². The first-order valence-electron chi connectivity index (χ1n) is 6.52. The number of nitrogens with zero attached hydrogens (tertiary/aromatic N) is 2. The van der Waals surface area contributed by atoms with E-state index >= 15 is 0 Å². The smallest absolute Gasteiger partial charge is 0.252 e. The molecular weight excluding hydrogens is 284 g/mol. The summed E-state index contributed by atoms with van der Waals surface area (Å²) in [6, 6.07) is 9.38. The Labute approximate surface area is 126 Å². The molecule has 21 heavy (non-hydrogen) atoms. The molecule has 106 valence electrons. The SMILES string of the molecule is CNc1cc(C(=O)NCc2nccs2)c2ccccc2n1. The van der Waals surface area contributed by atoms with E-state index in [4.69, 9.17) is 0 Å². The van der Waals surface area contributed by atoms with Crippen LogP contribution in [-0.4, -0.2) is 22.9 Å². The summed E-state index contributed by atoms with van der Waals surface area (Å²) in [7, 11) is 1.79. The van der Waals surface area contributed by atoms with E-state index in [2.05, 4.69) is 20.6 Å². The number of amides is 1. The highest BCUT2D eigenvalue weighted by molar-refractivity contribution is 7.09. The van der Waals surface area contributed by atoms with Crippen LogP contribution in [0.15, 0.2) is 41.9 Å². The maximum Gasteiger partial charge on any atom is 0.252 e. The van der Waals surface area contributed by atoms with E-state index in [1.54, 1.807) is 19.3 Å². The number of hydrogen-bond donors (Lipinski definition) is 2. The van der Waals surface area contributed by atoms with Crippen molar-refractivity contribution in [2.75, 3.05) is 12.4 Å². The van der Waals surface area contributed by atoms with Gasteiger partial charge in [0.1, 0.15) is 10.8 Å². The normalized spacial score (nSPS) is 10.5. The third-order valence-electron chi connectivity index (χ3n) is 3.10. The highest BCUT2D eigenvalue weighted by atomic mass is 32.1. The van der Waals surface area contributed by atoms with Gasteiger partial charge in [0.15, 0.2) is 0 Å². The molecule has 0 radical (unpaired) electrons. The molecule has 0 unspecified atom stereocenters. The second-order valence-corrected chi connectivity index (χ2v) is 5.41. The number of pyridine rings is 1. The molecule has 2 heterocycles. The van der Waals surface area contributed by atoms with Gasteiger partial charge in [-0.25, -0.2) is 9.97 Å². The van der Waals surface area contributed by atoms with Gasteiger partial charge in [-0.2, -0.15) is 0 Å². The van der Waals surface area contributed by atoms with Gasteiger partial charge in [-0.05, 0) is 12.1 Å². The lowest BCUT2D eigenvalue weighted by Gasteiger charge is -2.09. The third-order valence-corrected chi connectivity index (χ3v) is 3.88. The van der Waals surface area contributed by atoms with Crippen LogP contribution < -0.4 is 10.6 Å². The summed E-state index contributed by atoms with van der Waals surface area (Å²) < 4.78 is 0. The van der Waals surface area contributed by atoms with Gasteiger partial charge in [-0.15, -0.1) is 11.3 Å². The number of benzene rings is 1. The molecule has 0 saturated heterocycles. The number of fused-ring (bicyclic) bond motifs is 1. The molecule has 2 N–H and O–H groups in total. The summed E-state index contributed by atoms with van der Waals surface area (Å²) in [5, 5.41) is 9.50. The van der Waals surface area contributed by atoms with E-state index in [1.807, 2.05) is 29.6 Å². The molecule has 3 rings (SSSR count). The van der Waals surface area contributed by atoms with Crippen LogP contribution in [0.2, 0.25) is 0 Å². The summed E-state index contributed by atoms with van der Waals surface area (Å²) >= 11 is 1.52. The molecule has 0 spiro atoms. The zero-order valence-corrected chi connectivity index (χ0v) is 12.3. The van der Waals surface area contributed by atoms with E-state index in [1.165, 1.54) is 11.3 Å². The van der Waals surface area contributed by atoms with Crippen LogP contribution in [0.1, 0.15) is 15.4 Å². The zero-order valence-electron chi connectivity index (χ0n) is 11.5. The van der Waals surface area contributed by atoms with Gasteiger partial charge < -0.3 is 10.6 Å². The monoisotopic (exact) mass is 298 g/mol. The van der Waals surface area contributed by atoms with Crippen molar-refractivity contribution < 1.29 is 4.79 Å². The molecule has 3 aromatic rings. The molecule has 0 fully saturated rings. The van der Waals surface area contributed by atoms with Gasteiger partial charge in [0.25, 0.3) is 5.91 Å². The highest BCUT2D eigenvalue weighted by Crippen LogP contribution is 2.20. The summed E-state index contributed by atoms with van der Waals surface area (Å²) in [6.45, 7) is 0.433. The molecular formula is C15H14N4OS. The molecule has 5 nitrogen and oxygen atoms in total. The second-order valence-electron chi connectivity index (χ2n) is 4.43. The van der Waals surface area contributed by atoms with Crippen LogP contribution in [0.25, 0.3) is 10.9 Å². The fraction of sp³-hybridized carbons (Fsp3) is 0.133. The lowest BCUT2D eigenvalue weighted by Crippen LogP contribution is -2.23. The van der Waals surface area contributed by atoms with Crippen LogP contribution in [-0.2, 0) is 6.54 Å². The number of thiazole rings is 1.